The Balaban J connectivity index is 2.54. The van der Waals surface area contributed by atoms with Crippen molar-refractivity contribution in [3.8, 4) is 6.07 Å². The summed E-state index contributed by atoms with van der Waals surface area (Å²) in [7, 11) is -3.76. The predicted octanol–water partition coefficient (Wildman–Crippen LogP) is 1.12. The minimum absolute atomic E-state index is 0.0552. The number of nitriles is 1. The molecule has 0 radical (unpaired) electrons. The molecule has 19 heavy (non-hydrogen) atoms. The van der Waals surface area contributed by atoms with Crippen LogP contribution in [0.25, 0.3) is 0 Å². The highest BCUT2D eigenvalue weighted by Gasteiger charge is 2.13. The van der Waals surface area contributed by atoms with E-state index in [0.29, 0.717) is 0 Å². The number of hydrogen-bond donors (Lipinski definition) is 1. The maximum Gasteiger partial charge on any atom is 0.261 e. The number of halogens is 2. The lowest BCUT2D eigenvalue weighted by Crippen LogP contribution is -2.28. The quantitative estimate of drug-likeness (QED) is 0.763. The molecule has 0 saturated carbocycles. The van der Waals surface area contributed by atoms with Crippen molar-refractivity contribution < 1.29 is 21.9 Å². The number of rotatable bonds is 7. The van der Waals surface area contributed by atoms with Gasteiger partial charge in [0.05, 0.1) is 23.1 Å². The van der Waals surface area contributed by atoms with Gasteiger partial charge >= 0.3 is 0 Å². The summed E-state index contributed by atoms with van der Waals surface area (Å²) in [5.41, 5.74) is 0.219. The second kappa shape index (κ2) is 7.13. The van der Waals surface area contributed by atoms with E-state index in [1.54, 1.807) is 0 Å². The molecule has 0 aliphatic heterocycles. The third-order valence-electron chi connectivity index (χ3n) is 2.06. The molecule has 0 aromatic heterocycles. The van der Waals surface area contributed by atoms with E-state index in [2.05, 4.69) is 9.46 Å². The highest BCUT2D eigenvalue weighted by molar-refractivity contribution is 7.89. The van der Waals surface area contributed by atoms with Crippen molar-refractivity contribution >= 4 is 10.0 Å². The average Bonchev–Trinajstić information content (AvgIpc) is 2.38. The molecule has 1 aromatic carbocycles. The van der Waals surface area contributed by atoms with Gasteiger partial charge in [-0.2, -0.15) is 5.26 Å². The summed E-state index contributed by atoms with van der Waals surface area (Å²) < 4.78 is 53.8. The minimum atomic E-state index is -3.76. The molecule has 0 aliphatic rings. The Morgan fingerprint density at radius 3 is 2.79 bits per heavy atom. The third-order valence-corrected chi connectivity index (χ3v) is 3.51. The number of alkyl halides is 2. The molecular formula is C11H12F2N2O3S. The van der Waals surface area contributed by atoms with Crippen LogP contribution in [-0.2, 0) is 14.8 Å². The average molecular weight is 290 g/mol. The van der Waals surface area contributed by atoms with Gasteiger partial charge in [0, 0.05) is 6.54 Å². The van der Waals surface area contributed by atoms with Crippen LogP contribution in [0.15, 0.2) is 29.2 Å². The van der Waals surface area contributed by atoms with E-state index in [9.17, 15) is 17.2 Å². The van der Waals surface area contributed by atoms with Crippen molar-refractivity contribution in [3.05, 3.63) is 29.8 Å². The Bertz CT molecular complexity index is 555. The summed E-state index contributed by atoms with van der Waals surface area (Å²) in [4.78, 5) is -0.0552. The first kappa shape index (κ1) is 15.5. The number of ether oxygens (including phenoxy) is 1. The molecule has 0 atom stereocenters. The third kappa shape index (κ3) is 5.30. The Hall–Kier alpha value is -1.56. The minimum Gasteiger partial charge on any atom is -0.374 e. The van der Waals surface area contributed by atoms with Gasteiger partial charge < -0.3 is 4.74 Å². The summed E-state index contributed by atoms with van der Waals surface area (Å²) in [5, 5.41) is 8.67. The van der Waals surface area contributed by atoms with Gasteiger partial charge in [-0.1, -0.05) is 6.07 Å². The largest absolute Gasteiger partial charge is 0.374 e. The molecule has 0 saturated heterocycles. The zero-order valence-corrected chi connectivity index (χ0v) is 10.7. The molecule has 5 nitrogen and oxygen atoms in total. The Morgan fingerprint density at radius 1 is 1.42 bits per heavy atom. The number of benzene rings is 1. The molecule has 0 bridgehead atoms. The normalized spacial score (nSPS) is 11.5. The van der Waals surface area contributed by atoms with Gasteiger partial charge in [0.1, 0.15) is 6.61 Å². The van der Waals surface area contributed by atoms with Gasteiger partial charge in [-0.25, -0.2) is 21.9 Å². The fraction of sp³-hybridized carbons (Fsp3) is 0.364. The lowest BCUT2D eigenvalue weighted by molar-refractivity contribution is 0.0199. The van der Waals surface area contributed by atoms with E-state index in [1.807, 2.05) is 6.07 Å². The summed E-state index contributed by atoms with van der Waals surface area (Å²) in [6.45, 7) is -1.00. The lowest BCUT2D eigenvalue weighted by atomic mass is 10.2. The van der Waals surface area contributed by atoms with Crippen LogP contribution in [0.3, 0.4) is 0 Å². The van der Waals surface area contributed by atoms with E-state index in [1.165, 1.54) is 24.3 Å². The molecule has 0 fully saturated rings. The Labute approximate surface area is 109 Å². The number of sulfonamides is 1. The van der Waals surface area contributed by atoms with Gasteiger partial charge in [0.2, 0.25) is 10.0 Å². The van der Waals surface area contributed by atoms with E-state index < -0.39 is 23.1 Å². The first-order valence-electron chi connectivity index (χ1n) is 5.31. The highest BCUT2D eigenvalue weighted by Crippen LogP contribution is 2.10. The summed E-state index contributed by atoms with van der Waals surface area (Å²) >= 11 is 0. The number of nitrogens with zero attached hydrogens (tertiary/aromatic N) is 1. The second-order valence-corrected chi connectivity index (χ2v) is 5.27. The molecule has 0 spiro atoms. The SMILES string of the molecule is N#Cc1cccc(S(=O)(=O)NCCOCC(F)F)c1. The van der Waals surface area contributed by atoms with Gasteiger partial charge in [0.25, 0.3) is 6.43 Å². The summed E-state index contributed by atoms with van der Waals surface area (Å²) in [5.74, 6) is 0. The molecule has 0 aliphatic carbocycles. The second-order valence-electron chi connectivity index (χ2n) is 3.50. The van der Waals surface area contributed by atoms with E-state index >= 15 is 0 Å². The molecule has 104 valence electrons. The molecule has 1 aromatic rings. The van der Waals surface area contributed by atoms with Crippen molar-refractivity contribution in [2.45, 2.75) is 11.3 Å². The van der Waals surface area contributed by atoms with Crippen molar-refractivity contribution in [1.82, 2.24) is 4.72 Å². The zero-order valence-electron chi connectivity index (χ0n) is 9.84. The van der Waals surface area contributed by atoms with E-state index in [-0.39, 0.29) is 23.6 Å². The fourth-order valence-corrected chi connectivity index (χ4v) is 2.30. The van der Waals surface area contributed by atoms with Gasteiger partial charge in [0.15, 0.2) is 0 Å². The van der Waals surface area contributed by atoms with Crippen molar-refractivity contribution in [1.29, 1.82) is 5.26 Å². The maximum absolute atomic E-state index is 11.8. The van der Waals surface area contributed by atoms with Crippen LogP contribution in [0.2, 0.25) is 0 Å². The van der Waals surface area contributed by atoms with Gasteiger partial charge in [-0.3, -0.25) is 0 Å². The molecular weight excluding hydrogens is 278 g/mol. The van der Waals surface area contributed by atoms with E-state index in [4.69, 9.17) is 5.26 Å². The molecule has 0 heterocycles. The number of hydrogen-bond acceptors (Lipinski definition) is 4. The van der Waals surface area contributed by atoms with Crippen molar-refractivity contribution in [2.75, 3.05) is 19.8 Å². The Morgan fingerprint density at radius 2 is 2.16 bits per heavy atom. The maximum atomic E-state index is 11.8. The van der Waals surface area contributed by atoms with Crippen molar-refractivity contribution in [2.24, 2.45) is 0 Å². The molecule has 1 rings (SSSR count). The topological polar surface area (TPSA) is 79.2 Å². The standard InChI is InChI=1S/C11H12F2N2O3S/c12-11(13)8-18-5-4-15-19(16,17)10-3-1-2-9(6-10)7-14/h1-3,6,11,15H,4-5,8H2. The van der Waals surface area contributed by atoms with Crippen LogP contribution in [0, 0.1) is 11.3 Å². The predicted molar refractivity (Wildman–Crippen MR) is 63.2 cm³/mol. The van der Waals surface area contributed by atoms with Gasteiger partial charge in [-0.05, 0) is 18.2 Å². The van der Waals surface area contributed by atoms with Crippen molar-refractivity contribution in [3.63, 3.8) is 0 Å². The van der Waals surface area contributed by atoms with Crippen LogP contribution in [-0.4, -0.2) is 34.6 Å². The lowest BCUT2D eigenvalue weighted by Gasteiger charge is -2.07. The molecule has 1 N–H and O–H groups in total. The summed E-state index contributed by atoms with van der Waals surface area (Å²) in [6, 6.07) is 7.31. The Kier molecular flexibility index (Phi) is 5.82. The fourth-order valence-electron chi connectivity index (χ4n) is 1.24. The zero-order chi connectivity index (χ0) is 14.3. The first-order chi connectivity index (χ1) is 8.95. The van der Waals surface area contributed by atoms with E-state index in [0.717, 1.165) is 0 Å². The highest BCUT2D eigenvalue weighted by atomic mass is 32.2. The smallest absolute Gasteiger partial charge is 0.261 e. The summed E-state index contributed by atoms with van der Waals surface area (Å²) in [6.07, 6.45) is -2.58. The van der Waals surface area contributed by atoms with Crippen LogP contribution in [0.4, 0.5) is 8.78 Å². The first-order valence-corrected chi connectivity index (χ1v) is 6.80. The molecule has 8 heteroatoms. The monoisotopic (exact) mass is 290 g/mol. The van der Waals surface area contributed by atoms with Crippen LogP contribution < -0.4 is 4.72 Å². The molecule has 0 amide bonds. The molecule has 0 unspecified atom stereocenters. The van der Waals surface area contributed by atoms with Crippen LogP contribution in [0.5, 0.6) is 0 Å². The van der Waals surface area contributed by atoms with Crippen LogP contribution in [0.1, 0.15) is 5.56 Å². The van der Waals surface area contributed by atoms with Gasteiger partial charge in [-0.15, -0.1) is 0 Å². The van der Waals surface area contributed by atoms with Crippen LogP contribution >= 0.6 is 0 Å². The number of nitrogens with one attached hydrogen (secondary N) is 1.